The van der Waals surface area contributed by atoms with Gasteiger partial charge in [0.15, 0.2) is 0 Å². The first-order valence-corrected chi connectivity index (χ1v) is 6.20. The Morgan fingerprint density at radius 1 is 1.58 bits per heavy atom. The number of rotatable bonds is 5. The van der Waals surface area contributed by atoms with Gasteiger partial charge in [0.1, 0.15) is 5.56 Å². The van der Waals surface area contributed by atoms with Crippen molar-refractivity contribution in [2.45, 2.75) is 25.9 Å². The van der Waals surface area contributed by atoms with Crippen LogP contribution in [0.3, 0.4) is 0 Å². The highest BCUT2D eigenvalue weighted by molar-refractivity contribution is 5.98. The molecule has 6 heteroatoms. The van der Waals surface area contributed by atoms with Crippen molar-refractivity contribution in [3.63, 3.8) is 0 Å². The molecule has 19 heavy (non-hydrogen) atoms. The van der Waals surface area contributed by atoms with Crippen LogP contribution in [0.15, 0.2) is 18.2 Å². The van der Waals surface area contributed by atoms with E-state index in [4.69, 9.17) is 0 Å². The number of hydrogen-bond acceptors (Lipinski definition) is 4. The van der Waals surface area contributed by atoms with Crippen molar-refractivity contribution in [2.24, 2.45) is 5.92 Å². The summed E-state index contributed by atoms with van der Waals surface area (Å²) in [6.07, 6.45) is 1.39. The summed E-state index contributed by atoms with van der Waals surface area (Å²) in [5, 5.41) is 23.1. The predicted octanol–water partition coefficient (Wildman–Crippen LogP) is 1.40. The van der Waals surface area contributed by atoms with E-state index < -0.39 is 16.9 Å². The van der Waals surface area contributed by atoms with Gasteiger partial charge in [0.05, 0.1) is 11.0 Å². The number of aliphatic hydroxyl groups excluding tert-OH is 1. The Morgan fingerprint density at radius 2 is 2.26 bits per heavy atom. The van der Waals surface area contributed by atoms with E-state index >= 15 is 0 Å². The number of nitro benzene ring substituents is 1. The summed E-state index contributed by atoms with van der Waals surface area (Å²) in [4.78, 5) is 22.2. The number of nitrogens with one attached hydrogen (secondary N) is 1. The molecule has 1 aliphatic rings. The second-order valence-corrected chi connectivity index (χ2v) is 4.89. The summed E-state index contributed by atoms with van der Waals surface area (Å²) in [5.74, 6) is -0.261. The van der Waals surface area contributed by atoms with Crippen LogP contribution in [0.5, 0.6) is 0 Å². The molecule has 0 bridgehead atoms. The van der Waals surface area contributed by atoms with E-state index in [-0.39, 0.29) is 23.7 Å². The zero-order valence-corrected chi connectivity index (χ0v) is 10.6. The molecule has 0 heterocycles. The van der Waals surface area contributed by atoms with E-state index in [0.717, 1.165) is 18.4 Å². The van der Waals surface area contributed by atoms with Gasteiger partial charge >= 0.3 is 0 Å². The normalized spacial score (nSPS) is 15.9. The number of carbonyl (C=O) groups is 1. The highest BCUT2D eigenvalue weighted by Crippen LogP contribution is 2.32. The molecule has 1 atom stereocenters. The van der Waals surface area contributed by atoms with Gasteiger partial charge in [-0.1, -0.05) is 6.07 Å². The highest BCUT2D eigenvalue weighted by atomic mass is 16.6. The molecule has 0 spiro atoms. The summed E-state index contributed by atoms with van der Waals surface area (Å²) in [7, 11) is 0. The summed E-state index contributed by atoms with van der Waals surface area (Å²) >= 11 is 0. The summed E-state index contributed by atoms with van der Waals surface area (Å²) in [6, 6.07) is 4.40. The second kappa shape index (κ2) is 5.36. The number of hydrogen-bond donors (Lipinski definition) is 2. The van der Waals surface area contributed by atoms with Crippen LogP contribution in [0.25, 0.3) is 0 Å². The molecular formula is C13H16N2O4. The fourth-order valence-electron chi connectivity index (χ4n) is 1.93. The van der Waals surface area contributed by atoms with Crippen molar-refractivity contribution < 1.29 is 14.8 Å². The van der Waals surface area contributed by atoms with Crippen LogP contribution in [0.1, 0.15) is 28.8 Å². The fraction of sp³-hybridized carbons (Fsp3) is 0.462. The van der Waals surface area contributed by atoms with E-state index in [1.54, 1.807) is 13.0 Å². The standard InChI is InChI=1S/C13H16N2O4/c1-8-2-5-11(15(18)19)10(6-8)13(17)14-7-12(16)9-3-4-9/h2,5-6,9,12,16H,3-4,7H2,1H3,(H,14,17). The largest absolute Gasteiger partial charge is 0.391 e. The molecule has 2 N–H and O–H groups in total. The Hall–Kier alpha value is -1.95. The lowest BCUT2D eigenvalue weighted by Gasteiger charge is -2.11. The van der Waals surface area contributed by atoms with Crippen molar-refractivity contribution >= 4 is 11.6 Å². The topological polar surface area (TPSA) is 92.5 Å². The number of aryl methyl sites for hydroxylation is 1. The zero-order chi connectivity index (χ0) is 14.0. The molecule has 0 radical (unpaired) electrons. The number of nitro groups is 1. The Bertz CT molecular complexity index is 511. The van der Waals surface area contributed by atoms with Crippen molar-refractivity contribution in [1.82, 2.24) is 5.32 Å². The van der Waals surface area contributed by atoms with Crippen molar-refractivity contribution in [2.75, 3.05) is 6.54 Å². The molecule has 2 rings (SSSR count). The smallest absolute Gasteiger partial charge is 0.282 e. The molecule has 0 saturated heterocycles. The van der Waals surface area contributed by atoms with Gasteiger partial charge in [-0.3, -0.25) is 14.9 Å². The molecule has 1 fully saturated rings. The Morgan fingerprint density at radius 3 is 2.84 bits per heavy atom. The molecule has 0 aliphatic heterocycles. The third-order valence-electron chi connectivity index (χ3n) is 3.23. The number of aliphatic hydroxyl groups is 1. The van der Waals surface area contributed by atoms with Gasteiger partial charge in [-0.05, 0) is 37.3 Å². The molecular weight excluding hydrogens is 248 g/mol. The summed E-state index contributed by atoms with van der Waals surface area (Å²) in [6.45, 7) is 1.90. The number of amides is 1. The minimum Gasteiger partial charge on any atom is -0.391 e. The van der Waals surface area contributed by atoms with Crippen LogP contribution < -0.4 is 5.32 Å². The summed E-state index contributed by atoms with van der Waals surface area (Å²) in [5.41, 5.74) is 0.593. The average Bonchev–Trinajstić information content (AvgIpc) is 3.19. The monoisotopic (exact) mass is 264 g/mol. The van der Waals surface area contributed by atoms with Crippen molar-refractivity contribution in [3.05, 3.63) is 39.4 Å². The van der Waals surface area contributed by atoms with Crippen LogP contribution in [0.4, 0.5) is 5.69 Å². The van der Waals surface area contributed by atoms with Crippen LogP contribution in [-0.2, 0) is 0 Å². The van der Waals surface area contributed by atoms with Crippen molar-refractivity contribution in [3.8, 4) is 0 Å². The average molecular weight is 264 g/mol. The first-order valence-electron chi connectivity index (χ1n) is 6.20. The lowest BCUT2D eigenvalue weighted by Crippen LogP contribution is -2.33. The quantitative estimate of drug-likeness (QED) is 0.621. The van der Waals surface area contributed by atoms with Gasteiger partial charge < -0.3 is 10.4 Å². The molecule has 1 aromatic carbocycles. The Kier molecular flexibility index (Phi) is 3.80. The van der Waals surface area contributed by atoms with Gasteiger partial charge in [-0.15, -0.1) is 0 Å². The molecule has 1 aliphatic carbocycles. The van der Waals surface area contributed by atoms with Crippen LogP contribution >= 0.6 is 0 Å². The van der Waals surface area contributed by atoms with Gasteiger partial charge in [0.25, 0.3) is 11.6 Å². The number of nitrogens with zero attached hydrogens (tertiary/aromatic N) is 1. The first kappa shape index (κ1) is 13.5. The number of carbonyl (C=O) groups excluding carboxylic acids is 1. The second-order valence-electron chi connectivity index (χ2n) is 4.89. The van der Waals surface area contributed by atoms with Gasteiger partial charge in [0.2, 0.25) is 0 Å². The van der Waals surface area contributed by atoms with Crippen LogP contribution in [-0.4, -0.2) is 28.6 Å². The maximum Gasteiger partial charge on any atom is 0.282 e. The molecule has 1 aromatic rings. The molecule has 1 unspecified atom stereocenters. The van der Waals surface area contributed by atoms with Gasteiger partial charge in [-0.25, -0.2) is 0 Å². The van der Waals surface area contributed by atoms with Gasteiger partial charge in [0, 0.05) is 12.6 Å². The fourth-order valence-corrected chi connectivity index (χ4v) is 1.93. The van der Waals surface area contributed by atoms with E-state index in [9.17, 15) is 20.0 Å². The lowest BCUT2D eigenvalue weighted by atomic mass is 10.1. The Balaban J connectivity index is 2.08. The van der Waals surface area contributed by atoms with Crippen LogP contribution in [0, 0.1) is 23.0 Å². The first-order chi connectivity index (χ1) is 8.99. The molecule has 0 aromatic heterocycles. The molecule has 1 amide bonds. The SMILES string of the molecule is Cc1ccc([N+](=O)[O-])c(C(=O)NCC(O)C2CC2)c1. The Labute approximate surface area is 110 Å². The van der Waals surface area contributed by atoms with E-state index in [1.165, 1.54) is 12.1 Å². The zero-order valence-electron chi connectivity index (χ0n) is 10.6. The third-order valence-corrected chi connectivity index (χ3v) is 3.23. The van der Waals surface area contributed by atoms with Gasteiger partial charge in [-0.2, -0.15) is 0 Å². The summed E-state index contributed by atoms with van der Waals surface area (Å²) < 4.78 is 0. The maximum absolute atomic E-state index is 11.9. The maximum atomic E-state index is 11.9. The lowest BCUT2D eigenvalue weighted by molar-refractivity contribution is -0.385. The molecule has 6 nitrogen and oxygen atoms in total. The van der Waals surface area contributed by atoms with Crippen molar-refractivity contribution in [1.29, 1.82) is 0 Å². The minimum atomic E-state index is -0.578. The third kappa shape index (κ3) is 3.29. The van der Waals surface area contributed by atoms with Crippen LogP contribution in [0.2, 0.25) is 0 Å². The van der Waals surface area contributed by atoms with E-state index in [1.807, 2.05) is 0 Å². The molecule has 1 saturated carbocycles. The number of benzene rings is 1. The predicted molar refractivity (Wildman–Crippen MR) is 68.9 cm³/mol. The van der Waals surface area contributed by atoms with E-state index in [0.29, 0.717) is 0 Å². The minimum absolute atomic E-state index is 0.0352. The molecule has 102 valence electrons. The highest BCUT2D eigenvalue weighted by Gasteiger charge is 2.30. The van der Waals surface area contributed by atoms with E-state index in [2.05, 4.69) is 5.32 Å².